The van der Waals surface area contributed by atoms with Crippen molar-refractivity contribution in [2.45, 2.75) is 57.5 Å². The van der Waals surface area contributed by atoms with Gasteiger partial charge in [0.15, 0.2) is 0 Å². The fraction of sp³-hybridized carbons (Fsp3) is 0.917. The summed E-state index contributed by atoms with van der Waals surface area (Å²) in [5.41, 5.74) is -0.103. The van der Waals surface area contributed by atoms with Crippen LogP contribution >= 0.6 is 0 Å². The Bertz CT molecular complexity index is 224. The third-order valence-electron chi connectivity index (χ3n) is 3.83. The van der Waals surface area contributed by atoms with Gasteiger partial charge >= 0.3 is 6.09 Å². The quantitative estimate of drug-likeness (QED) is 0.702. The first-order valence-electron chi connectivity index (χ1n) is 6.24. The number of carbonyl (C=O) groups excluding carboxylic acids is 1. The van der Waals surface area contributed by atoms with Crippen LogP contribution in [0, 0.1) is 0 Å². The predicted octanol–water partition coefficient (Wildman–Crippen LogP) is 2.94. The molecule has 0 aromatic heterocycles. The molecule has 2 fully saturated rings. The summed E-state index contributed by atoms with van der Waals surface area (Å²) < 4.78 is 5.65. The monoisotopic (exact) mass is 211 g/mol. The molecule has 0 unspecified atom stereocenters. The van der Waals surface area contributed by atoms with E-state index in [0.717, 1.165) is 45.2 Å². The minimum absolute atomic E-state index is 0.0729. The number of likely N-dealkylation sites (tertiary alicyclic amines) is 1. The van der Waals surface area contributed by atoms with E-state index in [2.05, 4.69) is 6.92 Å². The smallest absolute Gasteiger partial charge is 0.410 e. The molecule has 0 N–H and O–H groups in total. The maximum atomic E-state index is 11.9. The van der Waals surface area contributed by atoms with Crippen LogP contribution in [0.2, 0.25) is 0 Å². The minimum Gasteiger partial charge on any atom is -0.443 e. The highest BCUT2D eigenvalue weighted by molar-refractivity contribution is 5.68. The molecule has 0 radical (unpaired) electrons. The summed E-state index contributed by atoms with van der Waals surface area (Å²) in [4.78, 5) is 13.7. The Morgan fingerprint density at radius 3 is 2.33 bits per heavy atom. The molecule has 0 atom stereocenters. The van der Waals surface area contributed by atoms with E-state index in [1.807, 2.05) is 4.90 Å². The van der Waals surface area contributed by atoms with Gasteiger partial charge in [-0.05, 0) is 44.9 Å². The van der Waals surface area contributed by atoms with Crippen molar-refractivity contribution in [2.75, 3.05) is 13.1 Å². The molecule has 1 saturated carbocycles. The van der Waals surface area contributed by atoms with E-state index in [4.69, 9.17) is 4.74 Å². The Labute approximate surface area is 91.8 Å². The standard InChI is InChI=1S/C12H21NO2/c1-2-12(7-6-8-12)15-11(14)13-9-4-3-5-10-13/h2-10H2,1H3. The highest BCUT2D eigenvalue weighted by Crippen LogP contribution is 2.38. The lowest BCUT2D eigenvalue weighted by atomic mass is 9.78. The topological polar surface area (TPSA) is 29.5 Å². The van der Waals surface area contributed by atoms with Gasteiger partial charge in [-0.1, -0.05) is 6.92 Å². The van der Waals surface area contributed by atoms with E-state index in [9.17, 15) is 4.79 Å². The number of carbonyl (C=O) groups is 1. The van der Waals surface area contributed by atoms with Gasteiger partial charge in [0.25, 0.3) is 0 Å². The molecule has 2 rings (SSSR count). The zero-order chi connectivity index (χ0) is 10.7. The summed E-state index contributed by atoms with van der Waals surface area (Å²) in [6.07, 6.45) is 7.74. The van der Waals surface area contributed by atoms with Gasteiger partial charge in [-0.15, -0.1) is 0 Å². The van der Waals surface area contributed by atoms with Crippen molar-refractivity contribution >= 4 is 6.09 Å². The number of amides is 1. The Balaban J connectivity index is 1.85. The fourth-order valence-corrected chi connectivity index (χ4v) is 2.43. The lowest BCUT2D eigenvalue weighted by Gasteiger charge is -2.42. The zero-order valence-electron chi connectivity index (χ0n) is 9.63. The number of hydrogen-bond acceptors (Lipinski definition) is 2. The highest BCUT2D eigenvalue weighted by atomic mass is 16.6. The van der Waals surface area contributed by atoms with Crippen LogP contribution in [0.4, 0.5) is 4.79 Å². The van der Waals surface area contributed by atoms with E-state index in [0.29, 0.717) is 0 Å². The van der Waals surface area contributed by atoms with E-state index >= 15 is 0 Å². The fourth-order valence-electron chi connectivity index (χ4n) is 2.43. The molecule has 0 bridgehead atoms. The summed E-state index contributed by atoms with van der Waals surface area (Å²) in [6.45, 7) is 3.89. The highest BCUT2D eigenvalue weighted by Gasteiger charge is 2.40. The van der Waals surface area contributed by atoms with Gasteiger partial charge in [0.2, 0.25) is 0 Å². The molecular formula is C12H21NO2. The molecule has 1 amide bonds. The third kappa shape index (κ3) is 2.27. The Hall–Kier alpha value is -0.730. The van der Waals surface area contributed by atoms with Gasteiger partial charge in [-0.25, -0.2) is 4.79 Å². The molecule has 3 heteroatoms. The number of rotatable bonds is 2. The second kappa shape index (κ2) is 4.42. The lowest BCUT2D eigenvalue weighted by molar-refractivity contribution is -0.0650. The van der Waals surface area contributed by atoms with Gasteiger partial charge < -0.3 is 9.64 Å². The summed E-state index contributed by atoms with van der Waals surface area (Å²) >= 11 is 0. The first kappa shape index (κ1) is 10.8. The molecule has 0 aromatic carbocycles. The third-order valence-corrected chi connectivity index (χ3v) is 3.83. The maximum Gasteiger partial charge on any atom is 0.410 e. The molecule has 1 saturated heterocycles. The van der Waals surface area contributed by atoms with Gasteiger partial charge in [0.05, 0.1) is 0 Å². The van der Waals surface area contributed by atoms with E-state index in [1.165, 1.54) is 12.8 Å². The molecule has 1 aliphatic carbocycles. The number of nitrogens with zero attached hydrogens (tertiary/aromatic N) is 1. The first-order chi connectivity index (χ1) is 7.26. The van der Waals surface area contributed by atoms with Crippen LogP contribution in [-0.2, 0) is 4.74 Å². The van der Waals surface area contributed by atoms with Crippen LogP contribution in [-0.4, -0.2) is 29.7 Å². The predicted molar refractivity (Wildman–Crippen MR) is 58.8 cm³/mol. The molecule has 15 heavy (non-hydrogen) atoms. The van der Waals surface area contributed by atoms with Crippen LogP contribution in [0.5, 0.6) is 0 Å². The molecule has 3 nitrogen and oxygen atoms in total. The summed E-state index contributed by atoms with van der Waals surface area (Å²) in [5.74, 6) is 0. The summed E-state index contributed by atoms with van der Waals surface area (Å²) in [5, 5.41) is 0. The largest absolute Gasteiger partial charge is 0.443 e. The second-order valence-corrected chi connectivity index (χ2v) is 4.81. The van der Waals surface area contributed by atoms with Gasteiger partial charge in [-0.2, -0.15) is 0 Å². The Kier molecular flexibility index (Phi) is 3.17. The normalized spacial score (nSPS) is 24.5. The van der Waals surface area contributed by atoms with Gasteiger partial charge in [0, 0.05) is 13.1 Å². The van der Waals surface area contributed by atoms with Gasteiger partial charge in [0.1, 0.15) is 5.60 Å². The number of ether oxygens (including phenoxy) is 1. The van der Waals surface area contributed by atoms with Crippen LogP contribution in [0.25, 0.3) is 0 Å². The Morgan fingerprint density at radius 2 is 1.87 bits per heavy atom. The van der Waals surface area contributed by atoms with Gasteiger partial charge in [-0.3, -0.25) is 0 Å². The van der Waals surface area contributed by atoms with E-state index < -0.39 is 0 Å². The molecule has 2 aliphatic rings. The van der Waals surface area contributed by atoms with Crippen molar-refractivity contribution in [3.05, 3.63) is 0 Å². The molecule has 0 spiro atoms. The average molecular weight is 211 g/mol. The van der Waals surface area contributed by atoms with Crippen molar-refractivity contribution in [3.63, 3.8) is 0 Å². The average Bonchev–Trinajstić information content (AvgIpc) is 2.24. The van der Waals surface area contributed by atoms with Crippen molar-refractivity contribution in [3.8, 4) is 0 Å². The summed E-state index contributed by atoms with van der Waals surface area (Å²) in [7, 11) is 0. The lowest BCUT2D eigenvalue weighted by Crippen LogP contribution is -2.46. The molecule has 86 valence electrons. The van der Waals surface area contributed by atoms with Crippen molar-refractivity contribution in [2.24, 2.45) is 0 Å². The van der Waals surface area contributed by atoms with Crippen LogP contribution in [0.1, 0.15) is 51.9 Å². The molecule has 1 aliphatic heterocycles. The maximum absolute atomic E-state index is 11.9. The van der Waals surface area contributed by atoms with E-state index in [-0.39, 0.29) is 11.7 Å². The number of hydrogen-bond donors (Lipinski definition) is 0. The van der Waals surface area contributed by atoms with Crippen molar-refractivity contribution in [1.29, 1.82) is 0 Å². The zero-order valence-corrected chi connectivity index (χ0v) is 9.63. The van der Waals surface area contributed by atoms with Crippen LogP contribution in [0.3, 0.4) is 0 Å². The molecular weight excluding hydrogens is 190 g/mol. The van der Waals surface area contributed by atoms with E-state index in [1.54, 1.807) is 0 Å². The SMILES string of the molecule is CCC1(OC(=O)N2CCCCC2)CCC1. The van der Waals surface area contributed by atoms with Crippen LogP contribution in [0.15, 0.2) is 0 Å². The molecule has 0 aromatic rings. The number of piperidine rings is 1. The first-order valence-corrected chi connectivity index (χ1v) is 6.24. The van der Waals surface area contributed by atoms with Crippen LogP contribution < -0.4 is 0 Å². The molecule has 1 heterocycles. The summed E-state index contributed by atoms with van der Waals surface area (Å²) in [6, 6.07) is 0. The van der Waals surface area contributed by atoms with Crippen molar-refractivity contribution in [1.82, 2.24) is 4.90 Å². The minimum atomic E-state index is -0.103. The second-order valence-electron chi connectivity index (χ2n) is 4.81. The van der Waals surface area contributed by atoms with Crippen molar-refractivity contribution < 1.29 is 9.53 Å². The Morgan fingerprint density at radius 1 is 1.20 bits per heavy atom.